The van der Waals surface area contributed by atoms with Gasteiger partial charge < -0.3 is 15.5 Å². The van der Waals surface area contributed by atoms with Crippen LogP contribution in [0, 0.1) is 19.3 Å². The number of hydrogen-bond acceptors (Lipinski definition) is 4. The van der Waals surface area contributed by atoms with E-state index in [0.717, 1.165) is 45.5 Å². The number of hydrogen-bond donors (Lipinski definition) is 2. The van der Waals surface area contributed by atoms with Gasteiger partial charge in [-0.1, -0.05) is 30.4 Å². The predicted octanol–water partition coefficient (Wildman–Crippen LogP) is 6.86. The van der Waals surface area contributed by atoms with E-state index in [1.165, 1.54) is 11.1 Å². The average molecular weight is 410 g/mol. The number of anilines is 2. The molecule has 156 valence electrons. The van der Waals surface area contributed by atoms with Gasteiger partial charge in [0.05, 0.1) is 12.6 Å². The number of aryl methyl sites for hydroxylation is 2. The molecule has 0 saturated carbocycles. The predicted molar refractivity (Wildman–Crippen MR) is 130 cm³/mol. The van der Waals surface area contributed by atoms with Crippen molar-refractivity contribution >= 4 is 33.7 Å². The second-order valence-electron chi connectivity index (χ2n) is 7.82. The summed E-state index contributed by atoms with van der Waals surface area (Å²) in [4.78, 5) is 4.96. The first-order chi connectivity index (χ1) is 15.0. The molecule has 1 heterocycles. The van der Waals surface area contributed by atoms with E-state index >= 15 is 0 Å². The standard InChI is InChI=1S/C27H27N3O/c1-17-15-23-24(16-18(17)2)30-27(29-21-10-6-5-7-11-21)25(19(3)28)26(23)20-9-8-12-22(31-4)14-13-20/h5-7,9-16,28H,8H2,1-4H3,(H,29,30). The summed E-state index contributed by atoms with van der Waals surface area (Å²) in [7, 11) is 1.68. The summed E-state index contributed by atoms with van der Waals surface area (Å²) < 4.78 is 5.43. The summed E-state index contributed by atoms with van der Waals surface area (Å²) in [5.74, 6) is 1.54. The van der Waals surface area contributed by atoms with Crippen LogP contribution in [0.5, 0.6) is 0 Å². The summed E-state index contributed by atoms with van der Waals surface area (Å²) in [6.45, 7) is 6.05. The summed E-state index contributed by atoms with van der Waals surface area (Å²) in [5.41, 5.74) is 7.65. The van der Waals surface area contributed by atoms with Crippen molar-refractivity contribution in [1.29, 1.82) is 5.41 Å². The van der Waals surface area contributed by atoms with Crippen LogP contribution in [-0.4, -0.2) is 17.8 Å². The Labute approximate surface area is 183 Å². The molecule has 0 spiro atoms. The average Bonchev–Trinajstić information content (AvgIpc) is 3.00. The Bertz CT molecular complexity index is 1250. The minimum atomic E-state index is 0.472. The van der Waals surface area contributed by atoms with Crippen LogP contribution in [0.2, 0.25) is 0 Å². The molecule has 4 heteroatoms. The van der Waals surface area contributed by atoms with E-state index in [9.17, 15) is 0 Å². The van der Waals surface area contributed by atoms with Gasteiger partial charge in [0.15, 0.2) is 0 Å². The molecule has 4 rings (SSSR count). The van der Waals surface area contributed by atoms with Crippen molar-refractivity contribution in [2.75, 3.05) is 12.4 Å². The van der Waals surface area contributed by atoms with Crippen LogP contribution in [0.1, 0.15) is 35.6 Å². The van der Waals surface area contributed by atoms with Gasteiger partial charge in [0.25, 0.3) is 0 Å². The highest BCUT2D eigenvalue weighted by atomic mass is 16.5. The Morgan fingerprint density at radius 2 is 1.77 bits per heavy atom. The van der Waals surface area contributed by atoms with Gasteiger partial charge in [-0.05, 0) is 80.3 Å². The molecular formula is C27H27N3O. The molecular weight excluding hydrogens is 382 g/mol. The van der Waals surface area contributed by atoms with Gasteiger partial charge in [-0.2, -0.15) is 0 Å². The number of rotatable bonds is 5. The molecule has 0 atom stereocenters. The van der Waals surface area contributed by atoms with E-state index < -0.39 is 0 Å². The van der Waals surface area contributed by atoms with E-state index in [1.807, 2.05) is 43.3 Å². The zero-order valence-electron chi connectivity index (χ0n) is 18.4. The van der Waals surface area contributed by atoms with Gasteiger partial charge in [-0.3, -0.25) is 0 Å². The monoisotopic (exact) mass is 409 g/mol. The van der Waals surface area contributed by atoms with E-state index in [0.29, 0.717) is 11.5 Å². The van der Waals surface area contributed by atoms with E-state index in [1.54, 1.807) is 7.11 Å². The van der Waals surface area contributed by atoms with Crippen molar-refractivity contribution in [3.8, 4) is 0 Å². The third kappa shape index (κ3) is 4.15. The lowest BCUT2D eigenvalue weighted by atomic mass is 9.91. The summed E-state index contributed by atoms with van der Waals surface area (Å²) in [6.07, 6.45) is 9.07. The Morgan fingerprint density at radius 1 is 1.03 bits per heavy atom. The zero-order chi connectivity index (χ0) is 22.0. The molecule has 0 bridgehead atoms. The maximum absolute atomic E-state index is 8.63. The van der Waals surface area contributed by atoms with Crippen molar-refractivity contribution in [1.82, 2.24) is 4.98 Å². The number of para-hydroxylation sites is 1. The van der Waals surface area contributed by atoms with Gasteiger partial charge in [-0.25, -0.2) is 4.98 Å². The fourth-order valence-electron chi connectivity index (χ4n) is 3.88. The SMILES string of the molecule is COC1=CCC=C(c2c(C(C)=N)c(Nc3ccccc3)nc3cc(C)c(C)cc23)C=C1. The first-order valence-corrected chi connectivity index (χ1v) is 10.4. The largest absolute Gasteiger partial charge is 0.497 e. The molecule has 1 aliphatic carbocycles. The van der Waals surface area contributed by atoms with Crippen molar-refractivity contribution in [2.24, 2.45) is 0 Å². The highest BCUT2D eigenvalue weighted by Crippen LogP contribution is 2.36. The zero-order valence-corrected chi connectivity index (χ0v) is 18.4. The highest BCUT2D eigenvalue weighted by Gasteiger charge is 2.20. The summed E-state index contributed by atoms with van der Waals surface area (Å²) in [6, 6.07) is 14.3. The lowest BCUT2D eigenvalue weighted by Crippen LogP contribution is -2.08. The Hall–Kier alpha value is -3.66. The number of nitrogens with zero attached hydrogens (tertiary/aromatic N) is 1. The number of aromatic nitrogens is 1. The topological polar surface area (TPSA) is 58.0 Å². The summed E-state index contributed by atoms with van der Waals surface area (Å²) in [5, 5.41) is 13.1. The number of ether oxygens (including phenoxy) is 1. The molecule has 1 aromatic heterocycles. The van der Waals surface area contributed by atoms with Gasteiger partial charge in [0, 0.05) is 27.9 Å². The van der Waals surface area contributed by atoms with E-state index in [4.69, 9.17) is 15.1 Å². The highest BCUT2D eigenvalue weighted by molar-refractivity contribution is 6.12. The third-order valence-electron chi connectivity index (χ3n) is 5.62. The molecule has 0 amide bonds. The fourth-order valence-corrected chi connectivity index (χ4v) is 3.88. The van der Waals surface area contributed by atoms with Crippen molar-refractivity contribution in [3.63, 3.8) is 0 Å². The van der Waals surface area contributed by atoms with Crippen LogP contribution < -0.4 is 5.32 Å². The van der Waals surface area contributed by atoms with Crippen LogP contribution in [-0.2, 0) is 4.74 Å². The maximum atomic E-state index is 8.63. The van der Waals surface area contributed by atoms with Crippen molar-refractivity contribution in [2.45, 2.75) is 27.2 Å². The number of methoxy groups -OCH3 is 1. The number of nitrogens with one attached hydrogen (secondary N) is 2. The molecule has 31 heavy (non-hydrogen) atoms. The molecule has 1 aliphatic rings. The van der Waals surface area contributed by atoms with Gasteiger partial charge in [-0.15, -0.1) is 0 Å². The first-order valence-electron chi connectivity index (χ1n) is 10.4. The molecule has 2 aromatic carbocycles. The van der Waals surface area contributed by atoms with Crippen LogP contribution in [0.4, 0.5) is 11.5 Å². The molecule has 4 nitrogen and oxygen atoms in total. The minimum absolute atomic E-state index is 0.472. The van der Waals surface area contributed by atoms with Crippen LogP contribution >= 0.6 is 0 Å². The lowest BCUT2D eigenvalue weighted by molar-refractivity contribution is 0.306. The van der Waals surface area contributed by atoms with Gasteiger partial charge >= 0.3 is 0 Å². The number of allylic oxidation sites excluding steroid dienone is 5. The number of benzene rings is 2. The third-order valence-corrected chi connectivity index (χ3v) is 5.62. The Balaban J connectivity index is 2.01. The fraction of sp³-hybridized carbons (Fsp3) is 0.185. The normalized spacial score (nSPS) is 13.4. The minimum Gasteiger partial charge on any atom is -0.497 e. The smallest absolute Gasteiger partial charge is 0.140 e. The van der Waals surface area contributed by atoms with Crippen molar-refractivity contribution < 1.29 is 4.74 Å². The van der Waals surface area contributed by atoms with Crippen LogP contribution in [0.3, 0.4) is 0 Å². The Morgan fingerprint density at radius 3 is 2.48 bits per heavy atom. The molecule has 0 unspecified atom stereocenters. The number of fused-ring (bicyclic) bond motifs is 1. The van der Waals surface area contributed by atoms with Crippen molar-refractivity contribution in [3.05, 3.63) is 94.8 Å². The second kappa shape index (κ2) is 8.60. The molecule has 0 fully saturated rings. The Kier molecular flexibility index (Phi) is 5.72. The maximum Gasteiger partial charge on any atom is 0.140 e. The van der Waals surface area contributed by atoms with E-state index in [2.05, 4.69) is 49.5 Å². The summed E-state index contributed by atoms with van der Waals surface area (Å²) >= 11 is 0. The number of pyridine rings is 1. The molecule has 3 aromatic rings. The molecule has 0 radical (unpaired) electrons. The van der Waals surface area contributed by atoms with Crippen LogP contribution in [0.15, 0.2) is 72.5 Å². The first kappa shape index (κ1) is 20.6. The van der Waals surface area contributed by atoms with Gasteiger partial charge in [0.1, 0.15) is 11.6 Å². The molecule has 2 N–H and O–H groups in total. The second-order valence-corrected chi connectivity index (χ2v) is 7.82. The van der Waals surface area contributed by atoms with E-state index in [-0.39, 0.29) is 0 Å². The van der Waals surface area contributed by atoms with Crippen LogP contribution in [0.25, 0.3) is 16.5 Å². The quantitative estimate of drug-likeness (QED) is 0.453. The molecule has 0 aliphatic heterocycles. The van der Waals surface area contributed by atoms with Gasteiger partial charge in [0.2, 0.25) is 0 Å². The molecule has 0 saturated heterocycles. The lowest BCUT2D eigenvalue weighted by Gasteiger charge is -2.19.